The van der Waals surface area contributed by atoms with Crippen LogP contribution in [0.15, 0.2) is 24.2 Å². The monoisotopic (exact) mass is 183 g/mol. The van der Waals surface area contributed by atoms with Crippen molar-refractivity contribution in [3.05, 3.63) is 24.2 Å². The van der Waals surface area contributed by atoms with Crippen LogP contribution in [0.5, 0.6) is 0 Å². The zero-order chi connectivity index (χ0) is 10.6. The molecule has 0 fully saturated rings. The van der Waals surface area contributed by atoms with Gasteiger partial charge in [0.1, 0.15) is 5.82 Å². The first-order valence-corrected chi connectivity index (χ1v) is 4.30. The van der Waals surface area contributed by atoms with Crippen LogP contribution >= 0.6 is 0 Å². The Kier molecular flexibility index (Phi) is 4.38. The van der Waals surface area contributed by atoms with Gasteiger partial charge in [-0.25, -0.2) is 0 Å². The first kappa shape index (κ1) is 11.9. The molecule has 0 bridgehead atoms. The van der Waals surface area contributed by atoms with E-state index < -0.39 is 0 Å². The van der Waals surface area contributed by atoms with Gasteiger partial charge in [-0.05, 0) is 6.08 Å². The van der Waals surface area contributed by atoms with E-state index in [0.29, 0.717) is 0 Å². The van der Waals surface area contributed by atoms with Crippen LogP contribution in [0.3, 0.4) is 0 Å². The molecule has 0 saturated heterocycles. The van der Waals surface area contributed by atoms with E-state index in [2.05, 4.69) is 21.3 Å². The Bertz CT molecular complexity index is 192. The quantitative estimate of drug-likeness (QED) is 0.603. The summed E-state index contributed by atoms with van der Waals surface area (Å²) >= 11 is 0. The lowest BCUT2D eigenvalue weighted by atomic mass is 10.3. The third-order valence-corrected chi connectivity index (χ3v) is 1.75. The van der Waals surface area contributed by atoms with Gasteiger partial charge in [0.05, 0.1) is 5.70 Å². The second-order valence-electron chi connectivity index (χ2n) is 3.60. The van der Waals surface area contributed by atoms with Gasteiger partial charge < -0.3 is 14.7 Å². The molecule has 0 aromatic rings. The number of allylic oxidation sites excluding steroid dienone is 1. The van der Waals surface area contributed by atoms with Gasteiger partial charge in [-0.1, -0.05) is 6.58 Å². The van der Waals surface area contributed by atoms with Crippen molar-refractivity contribution in [1.29, 1.82) is 0 Å². The molecule has 76 valence electrons. The van der Waals surface area contributed by atoms with E-state index in [9.17, 15) is 0 Å². The molecular weight excluding hydrogens is 162 g/mol. The van der Waals surface area contributed by atoms with Crippen LogP contribution in [0.4, 0.5) is 0 Å². The van der Waals surface area contributed by atoms with Gasteiger partial charge >= 0.3 is 0 Å². The fourth-order valence-electron chi connectivity index (χ4n) is 1.33. The molecule has 0 aliphatic carbocycles. The highest BCUT2D eigenvalue weighted by atomic mass is 15.3. The Labute approximate surface area is 81.9 Å². The lowest BCUT2D eigenvalue weighted by Gasteiger charge is -2.29. The molecular formula is C10H21N3. The van der Waals surface area contributed by atoms with Gasteiger partial charge in [-0.3, -0.25) is 0 Å². The molecule has 0 N–H and O–H groups in total. The molecule has 0 atom stereocenters. The second kappa shape index (κ2) is 4.80. The molecule has 0 aliphatic heterocycles. The lowest BCUT2D eigenvalue weighted by Crippen LogP contribution is -2.29. The van der Waals surface area contributed by atoms with Crippen molar-refractivity contribution < 1.29 is 0 Å². The molecule has 0 aromatic heterocycles. The molecule has 0 heterocycles. The predicted octanol–water partition coefficient (Wildman–Crippen LogP) is 1.03. The van der Waals surface area contributed by atoms with E-state index in [1.54, 1.807) is 0 Å². The van der Waals surface area contributed by atoms with E-state index in [-0.39, 0.29) is 0 Å². The van der Waals surface area contributed by atoms with Crippen LogP contribution < -0.4 is 0 Å². The van der Waals surface area contributed by atoms with Gasteiger partial charge in [0.2, 0.25) is 0 Å². The minimum absolute atomic E-state index is 1.12. The smallest absolute Gasteiger partial charge is 0.127 e. The Hall–Kier alpha value is -1.12. The van der Waals surface area contributed by atoms with Gasteiger partial charge in [0.25, 0.3) is 0 Å². The fraction of sp³-hybridized carbons (Fsp3) is 0.600. The number of likely N-dealkylation sites (N-methyl/N-ethyl adjacent to an activating group) is 1. The molecule has 0 spiro atoms. The Morgan fingerprint density at radius 2 is 1.23 bits per heavy atom. The maximum atomic E-state index is 3.82. The summed E-state index contributed by atoms with van der Waals surface area (Å²) in [5, 5.41) is 0. The van der Waals surface area contributed by atoms with Gasteiger partial charge in [0, 0.05) is 42.3 Å². The second-order valence-corrected chi connectivity index (χ2v) is 3.60. The third kappa shape index (κ3) is 3.01. The van der Waals surface area contributed by atoms with Crippen molar-refractivity contribution in [2.24, 2.45) is 0 Å². The molecule has 0 radical (unpaired) electrons. The highest BCUT2D eigenvalue weighted by molar-refractivity contribution is 5.20. The summed E-state index contributed by atoms with van der Waals surface area (Å²) in [7, 11) is 12.2. The van der Waals surface area contributed by atoms with Crippen molar-refractivity contribution in [2.45, 2.75) is 0 Å². The average molecular weight is 183 g/mol. The molecule has 0 amide bonds. The Morgan fingerprint density at radius 3 is 1.31 bits per heavy atom. The summed E-state index contributed by atoms with van der Waals surface area (Å²) in [5.74, 6) is 1.15. The van der Waals surface area contributed by atoms with Gasteiger partial charge in [0.15, 0.2) is 0 Å². The zero-order valence-corrected chi connectivity index (χ0v) is 9.63. The minimum Gasteiger partial charge on any atom is -0.375 e. The molecule has 3 nitrogen and oxygen atoms in total. The summed E-state index contributed by atoms with van der Waals surface area (Å²) in [6.07, 6.45) is 1.87. The summed E-state index contributed by atoms with van der Waals surface area (Å²) in [6.45, 7) is 3.82. The standard InChI is InChI=1S/C10H21N3/c1-8-9(11(2)3)10(12(4)5)13(6)7/h8H,1H2,2-7H3. The topological polar surface area (TPSA) is 9.72 Å². The highest BCUT2D eigenvalue weighted by Crippen LogP contribution is 2.12. The maximum Gasteiger partial charge on any atom is 0.127 e. The summed E-state index contributed by atoms with van der Waals surface area (Å²) < 4.78 is 0. The first-order chi connectivity index (χ1) is 5.91. The van der Waals surface area contributed by atoms with Crippen LogP contribution in [0.2, 0.25) is 0 Å². The van der Waals surface area contributed by atoms with Gasteiger partial charge in [-0.2, -0.15) is 0 Å². The number of hydrogen-bond donors (Lipinski definition) is 0. The summed E-state index contributed by atoms with van der Waals surface area (Å²) in [5.41, 5.74) is 1.12. The van der Waals surface area contributed by atoms with E-state index in [0.717, 1.165) is 11.5 Å². The van der Waals surface area contributed by atoms with Crippen LogP contribution in [0.1, 0.15) is 0 Å². The molecule has 13 heavy (non-hydrogen) atoms. The maximum absolute atomic E-state index is 3.82. The summed E-state index contributed by atoms with van der Waals surface area (Å²) in [4.78, 5) is 6.22. The van der Waals surface area contributed by atoms with E-state index in [4.69, 9.17) is 0 Å². The fourth-order valence-corrected chi connectivity index (χ4v) is 1.33. The van der Waals surface area contributed by atoms with Crippen LogP contribution in [0, 0.1) is 0 Å². The zero-order valence-electron chi connectivity index (χ0n) is 9.63. The van der Waals surface area contributed by atoms with Crippen molar-refractivity contribution >= 4 is 0 Å². The largest absolute Gasteiger partial charge is 0.375 e. The van der Waals surface area contributed by atoms with E-state index in [1.165, 1.54) is 0 Å². The van der Waals surface area contributed by atoms with Crippen molar-refractivity contribution in [2.75, 3.05) is 42.3 Å². The van der Waals surface area contributed by atoms with Crippen molar-refractivity contribution in [3.63, 3.8) is 0 Å². The average Bonchev–Trinajstić information content (AvgIpc) is 1.97. The minimum atomic E-state index is 1.12. The third-order valence-electron chi connectivity index (χ3n) is 1.75. The van der Waals surface area contributed by atoms with Crippen LogP contribution in [-0.2, 0) is 0 Å². The lowest BCUT2D eigenvalue weighted by molar-refractivity contribution is 0.317. The number of rotatable bonds is 4. The van der Waals surface area contributed by atoms with Gasteiger partial charge in [-0.15, -0.1) is 0 Å². The van der Waals surface area contributed by atoms with Crippen molar-refractivity contribution in [1.82, 2.24) is 14.7 Å². The molecule has 0 saturated carbocycles. The summed E-state index contributed by atoms with van der Waals surface area (Å²) in [6, 6.07) is 0. The Balaban J connectivity index is 5.13. The predicted molar refractivity (Wildman–Crippen MR) is 58.3 cm³/mol. The van der Waals surface area contributed by atoms with Crippen molar-refractivity contribution in [3.8, 4) is 0 Å². The molecule has 0 rings (SSSR count). The van der Waals surface area contributed by atoms with Crippen LogP contribution in [0.25, 0.3) is 0 Å². The SMILES string of the molecule is C=CC(=C(N(C)C)N(C)C)N(C)C. The van der Waals surface area contributed by atoms with E-state index in [1.807, 2.05) is 48.4 Å². The normalized spacial score (nSPS) is 9.08. The van der Waals surface area contributed by atoms with Crippen LogP contribution in [-0.4, -0.2) is 57.0 Å². The Morgan fingerprint density at radius 1 is 0.846 bits per heavy atom. The molecule has 0 aromatic carbocycles. The van der Waals surface area contributed by atoms with E-state index >= 15 is 0 Å². The highest BCUT2D eigenvalue weighted by Gasteiger charge is 2.09. The molecule has 0 aliphatic rings. The number of hydrogen-bond acceptors (Lipinski definition) is 3. The number of nitrogens with zero attached hydrogens (tertiary/aromatic N) is 3. The molecule has 3 heteroatoms. The molecule has 0 unspecified atom stereocenters. The first-order valence-electron chi connectivity index (χ1n) is 4.30.